The third kappa shape index (κ3) is 3.76. The molecule has 0 unspecified atom stereocenters. The van der Waals surface area contributed by atoms with Gasteiger partial charge < -0.3 is 25.7 Å². The first-order valence-corrected chi connectivity index (χ1v) is 6.22. The number of benzene rings is 2. The Morgan fingerprint density at radius 2 is 1.17 bits per heavy atom. The Morgan fingerprint density at radius 3 is 1.61 bits per heavy atom. The van der Waals surface area contributed by atoms with Crippen molar-refractivity contribution in [3.8, 4) is 11.5 Å². The molecule has 2 aromatic rings. The van der Waals surface area contributed by atoms with Crippen molar-refractivity contribution in [1.29, 1.82) is 0 Å². The molecule has 0 atom stereocenters. The van der Waals surface area contributed by atoms with Crippen LogP contribution in [0.3, 0.4) is 0 Å². The van der Waals surface area contributed by atoms with E-state index in [0.29, 0.717) is 0 Å². The minimum Gasteiger partial charge on any atom is -0.508 e. The number of hydrogen-bond acceptors (Lipinski definition) is 5. The lowest BCUT2D eigenvalue weighted by atomic mass is 10.1. The Balaban J connectivity index is 2.36. The summed E-state index contributed by atoms with van der Waals surface area (Å²) in [4.78, 5) is 34.1. The summed E-state index contributed by atoms with van der Waals surface area (Å²) in [5, 5.41) is 38.9. The van der Waals surface area contributed by atoms with Crippen molar-refractivity contribution in [1.82, 2.24) is 0 Å². The SMILES string of the molecule is O=C(O)c1cc(NC(=O)c2cc(O)cc(O)c2)cc(C(=O)O)c1. The summed E-state index contributed by atoms with van der Waals surface area (Å²) in [5.41, 5.74) is -0.742. The molecule has 1 amide bonds. The smallest absolute Gasteiger partial charge is 0.335 e. The van der Waals surface area contributed by atoms with Crippen molar-refractivity contribution in [3.05, 3.63) is 53.1 Å². The lowest BCUT2D eigenvalue weighted by Crippen LogP contribution is -2.13. The molecule has 5 N–H and O–H groups in total. The van der Waals surface area contributed by atoms with Crippen LogP contribution in [0, 0.1) is 0 Å². The van der Waals surface area contributed by atoms with Crippen molar-refractivity contribution in [2.24, 2.45) is 0 Å². The molecular weight excluding hydrogens is 306 g/mol. The number of hydrogen-bond donors (Lipinski definition) is 5. The molecule has 8 nitrogen and oxygen atoms in total. The number of rotatable bonds is 4. The number of phenolic OH excluding ortho intramolecular Hbond substituents is 2. The number of carbonyl (C=O) groups is 3. The molecule has 118 valence electrons. The standard InChI is InChI=1S/C15H11NO7/c17-11-4-7(5-12(18)6-11)13(19)16-10-2-8(14(20)21)1-9(3-10)15(22)23/h1-6,17-18H,(H,16,19)(H,20,21)(H,22,23). The van der Waals surface area contributed by atoms with Crippen molar-refractivity contribution in [2.45, 2.75) is 0 Å². The number of anilines is 1. The summed E-state index contributed by atoms with van der Waals surface area (Å²) < 4.78 is 0. The molecule has 0 saturated heterocycles. The molecule has 0 heterocycles. The van der Waals surface area contributed by atoms with Gasteiger partial charge in [-0.2, -0.15) is 0 Å². The Kier molecular flexibility index (Phi) is 4.17. The molecular formula is C15H11NO7. The lowest BCUT2D eigenvalue weighted by Gasteiger charge is -2.08. The van der Waals surface area contributed by atoms with E-state index in [2.05, 4.69) is 5.32 Å². The Labute approximate surface area is 129 Å². The maximum absolute atomic E-state index is 12.1. The zero-order valence-electron chi connectivity index (χ0n) is 11.5. The molecule has 8 heteroatoms. The van der Waals surface area contributed by atoms with Gasteiger partial charge in [0.1, 0.15) is 11.5 Å². The molecule has 0 aliphatic carbocycles. The van der Waals surface area contributed by atoms with Gasteiger partial charge in [0, 0.05) is 17.3 Å². The van der Waals surface area contributed by atoms with Gasteiger partial charge in [0.2, 0.25) is 0 Å². The predicted octanol–water partition coefficient (Wildman–Crippen LogP) is 1.75. The fraction of sp³-hybridized carbons (Fsp3) is 0. The first kappa shape index (κ1) is 15.8. The van der Waals surface area contributed by atoms with Crippen LogP contribution in [-0.2, 0) is 0 Å². The fourth-order valence-corrected chi connectivity index (χ4v) is 1.88. The summed E-state index contributed by atoms with van der Waals surface area (Å²) in [7, 11) is 0. The highest BCUT2D eigenvalue weighted by Crippen LogP contribution is 2.22. The Hall–Kier alpha value is -3.55. The van der Waals surface area contributed by atoms with Gasteiger partial charge in [-0.1, -0.05) is 0 Å². The van der Waals surface area contributed by atoms with Crippen LogP contribution in [0.4, 0.5) is 5.69 Å². The molecule has 2 rings (SSSR count). The number of nitrogens with one attached hydrogen (secondary N) is 1. The summed E-state index contributed by atoms with van der Waals surface area (Å²) in [6, 6.07) is 6.36. The quantitative estimate of drug-likeness (QED) is 0.577. The highest BCUT2D eigenvalue weighted by Gasteiger charge is 2.14. The predicted molar refractivity (Wildman–Crippen MR) is 78.1 cm³/mol. The maximum atomic E-state index is 12.1. The maximum Gasteiger partial charge on any atom is 0.335 e. The van der Waals surface area contributed by atoms with Gasteiger partial charge >= 0.3 is 11.9 Å². The van der Waals surface area contributed by atoms with E-state index in [1.165, 1.54) is 0 Å². The van der Waals surface area contributed by atoms with E-state index in [-0.39, 0.29) is 33.9 Å². The van der Waals surface area contributed by atoms with Gasteiger partial charge in [-0.25, -0.2) is 9.59 Å². The van der Waals surface area contributed by atoms with Crippen LogP contribution in [0.5, 0.6) is 11.5 Å². The molecule has 0 spiro atoms. The zero-order chi connectivity index (χ0) is 17.1. The molecule has 0 aromatic heterocycles. The zero-order valence-corrected chi connectivity index (χ0v) is 11.5. The summed E-state index contributed by atoms with van der Waals surface area (Å²) >= 11 is 0. The van der Waals surface area contributed by atoms with Crippen LogP contribution < -0.4 is 5.32 Å². The van der Waals surface area contributed by atoms with Gasteiger partial charge in [-0.3, -0.25) is 4.79 Å². The van der Waals surface area contributed by atoms with E-state index in [1.807, 2.05) is 0 Å². The Morgan fingerprint density at radius 1 is 0.696 bits per heavy atom. The third-order valence-electron chi connectivity index (χ3n) is 2.85. The number of carboxylic acid groups (broad SMARTS) is 2. The third-order valence-corrected chi connectivity index (χ3v) is 2.85. The van der Waals surface area contributed by atoms with E-state index in [0.717, 1.165) is 36.4 Å². The van der Waals surface area contributed by atoms with Crippen molar-refractivity contribution in [2.75, 3.05) is 5.32 Å². The van der Waals surface area contributed by atoms with Gasteiger partial charge in [-0.05, 0) is 30.3 Å². The first-order valence-electron chi connectivity index (χ1n) is 6.22. The molecule has 2 aromatic carbocycles. The topological polar surface area (TPSA) is 144 Å². The fourth-order valence-electron chi connectivity index (χ4n) is 1.88. The van der Waals surface area contributed by atoms with Gasteiger partial charge in [0.05, 0.1) is 11.1 Å². The molecule has 0 aliphatic rings. The number of amides is 1. The lowest BCUT2D eigenvalue weighted by molar-refractivity contribution is 0.0696. The minimum absolute atomic E-state index is 0.0462. The average Bonchev–Trinajstić information content (AvgIpc) is 2.45. The summed E-state index contributed by atoms with van der Waals surface area (Å²) in [5.74, 6) is -4.12. The Bertz CT molecular complexity index is 761. The number of carboxylic acids is 2. The highest BCUT2D eigenvalue weighted by molar-refractivity contribution is 6.06. The van der Waals surface area contributed by atoms with Gasteiger partial charge in [-0.15, -0.1) is 0 Å². The number of phenols is 2. The number of aromatic hydroxyl groups is 2. The molecule has 0 bridgehead atoms. The highest BCUT2D eigenvalue weighted by atomic mass is 16.4. The second kappa shape index (κ2) is 6.06. The van der Waals surface area contributed by atoms with Crippen LogP contribution in [0.15, 0.2) is 36.4 Å². The average molecular weight is 317 g/mol. The molecule has 0 fully saturated rings. The first-order chi connectivity index (χ1) is 10.8. The second-order valence-corrected chi connectivity index (χ2v) is 4.60. The van der Waals surface area contributed by atoms with Crippen molar-refractivity contribution >= 4 is 23.5 Å². The van der Waals surface area contributed by atoms with E-state index in [4.69, 9.17) is 10.2 Å². The van der Waals surface area contributed by atoms with Gasteiger partial charge in [0.15, 0.2) is 0 Å². The normalized spacial score (nSPS) is 10.1. The number of aromatic carboxylic acids is 2. The van der Waals surface area contributed by atoms with E-state index >= 15 is 0 Å². The molecule has 23 heavy (non-hydrogen) atoms. The molecule has 0 saturated carbocycles. The summed E-state index contributed by atoms with van der Waals surface area (Å²) in [6.07, 6.45) is 0. The van der Waals surface area contributed by atoms with E-state index in [1.54, 1.807) is 0 Å². The van der Waals surface area contributed by atoms with Crippen LogP contribution in [-0.4, -0.2) is 38.3 Å². The van der Waals surface area contributed by atoms with Crippen molar-refractivity contribution < 1.29 is 34.8 Å². The van der Waals surface area contributed by atoms with Crippen LogP contribution in [0.1, 0.15) is 31.1 Å². The van der Waals surface area contributed by atoms with E-state index < -0.39 is 17.8 Å². The monoisotopic (exact) mass is 317 g/mol. The minimum atomic E-state index is -1.35. The summed E-state index contributed by atoms with van der Waals surface area (Å²) in [6.45, 7) is 0. The van der Waals surface area contributed by atoms with E-state index in [9.17, 15) is 24.6 Å². The van der Waals surface area contributed by atoms with Crippen LogP contribution in [0.2, 0.25) is 0 Å². The van der Waals surface area contributed by atoms with Crippen LogP contribution in [0.25, 0.3) is 0 Å². The van der Waals surface area contributed by atoms with Crippen molar-refractivity contribution in [3.63, 3.8) is 0 Å². The largest absolute Gasteiger partial charge is 0.508 e. The molecule has 0 radical (unpaired) electrons. The molecule has 0 aliphatic heterocycles. The second-order valence-electron chi connectivity index (χ2n) is 4.60. The van der Waals surface area contributed by atoms with Gasteiger partial charge in [0.25, 0.3) is 5.91 Å². The number of carbonyl (C=O) groups excluding carboxylic acids is 1. The van der Waals surface area contributed by atoms with Crippen LogP contribution >= 0.6 is 0 Å².